The number of carbonyl (C=O) groups excluding carboxylic acids is 2. The molecule has 1 heterocycles. The van der Waals surface area contributed by atoms with Crippen LogP contribution in [0.1, 0.15) is 38.6 Å². The van der Waals surface area contributed by atoms with E-state index in [9.17, 15) is 14.0 Å². The summed E-state index contributed by atoms with van der Waals surface area (Å²) in [6.07, 6.45) is 0. The lowest BCUT2D eigenvalue weighted by Crippen LogP contribution is -2.26. The first-order chi connectivity index (χ1) is 13.5. The van der Waals surface area contributed by atoms with Crippen LogP contribution in [-0.2, 0) is 0 Å². The number of anilines is 1. The van der Waals surface area contributed by atoms with Crippen LogP contribution in [0.2, 0.25) is 0 Å². The monoisotopic (exact) mass is 398 g/mol. The van der Waals surface area contributed by atoms with Crippen molar-refractivity contribution in [3.8, 4) is 5.75 Å². The quantitative estimate of drug-likeness (QED) is 0.636. The average molecular weight is 398 g/mol. The highest BCUT2D eigenvalue weighted by atomic mass is 32.1. The van der Waals surface area contributed by atoms with E-state index >= 15 is 0 Å². The smallest absolute Gasteiger partial charge is 0.265 e. The molecule has 0 aliphatic carbocycles. The summed E-state index contributed by atoms with van der Waals surface area (Å²) >= 11 is 1.36. The molecule has 28 heavy (non-hydrogen) atoms. The van der Waals surface area contributed by atoms with Gasteiger partial charge >= 0.3 is 0 Å². The number of hydrogen-bond acceptors (Lipinski definition) is 4. The fourth-order valence-corrected chi connectivity index (χ4v) is 3.24. The third-order valence-corrected chi connectivity index (χ3v) is 5.04. The normalized spacial score (nSPS) is 11.5. The third kappa shape index (κ3) is 4.55. The molecule has 2 N–H and O–H groups in total. The maximum Gasteiger partial charge on any atom is 0.265 e. The zero-order valence-electron chi connectivity index (χ0n) is 15.4. The van der Waals surface area contributed by atoms with Crippen molar-refractivity contribution in [3.63, 3.8) is 0 Å². The van der Waals surface area contributed by atoms with Gasteiger partial charge in [-0.25, -0.2) is 4.39 Å². The predicted octanol–water partition coefficient (Wildman–Crippen LogP) is 4.64. The van der Waals surface area contributed by atoms with Gasteiger partial charge in [0.25, 0.3) is 11.8 Å². The Kier molecular flexibility index (Phi) is 6.06. The van der Waals surface area contributed by atoms with E-state index in [1.807, 2.05) is 11.4 Å². The van der Waals surface area contributed by atoms with E-state index in [1.165, 1.54) is 30.6 Å². The fourth-order valence-electron chi connectivity index (χ4n) is 2.62. The van der Waals surface area contributed by atoms with Gasteiger partial charge in [0.15, 0.2) is 11.6 Å². The number of nitrogens with one attached hydrogen (secondary N) is 2. The van der Waals surface area contributed by atoms with Gasteiger partial charge in [0.05, 0.1) is 18.0 Å². The number of rotatable bonds is 6. The number of methoxy groups -OCH3 is 1. The molecule has 1 unspecified atom stereocenters. The van der Waals surface area contributed by atoms with Gasteiger partial charge < -0.3 is 15.4 Å². The average Bonchev–Trinajstić information content (AvgIpc) is 3.23. The van der Waals surface area contributed by atoms with Crippen LogP contribution >= 0.6 is 11.3 Å². The summed E-state index contributed by atoms with van der Waals surface area (Å²) in [7, 11) is 1.40. The Morgan fingerprint density at radius 2 is 1.82 bits per heavy atom. The molecule has 1 atom stereocenters. The summed E-state index contributed by atoms with van der Waals surface area (Å²) in [5.41, 5.74) is 1.67. The fraction of sp³-hybridized carbons (Fsp3) is 0.143. The minimum Gasteiger partial charge on any atom is -0.494 e. The predicted molar refractivity (Wildman–Crippen MR) is 108 cm³/mol. The molecule has 3 aromatic rings. The molecule has 0 spiro atoms. The molecule has 2 amide bonds. The molecule has 0 aliphatic heterocycles. The summed E-state index contributed by atoms with van der Waals surface area (Å²) in [6.45, 7) is 1.77. The number of halogens is 1. The van der Waals surface area contributed by atoms with Crippen molar-refractivity contribution in [2.45, 2.75) is 13.0 Å². The molecule has 0 saturated heterocycles. The lowest BCUT2D eigenvalue weighted by atomic mass is 10.1. The Morgan fingerprint density at radius 3 is 2.43 bits per heavy atom. The molecule has 0 radical (unpaired) electrons. The minimum absolute atomic E-state index is 0.155. The molecule has 5 nitrogen and oxygen atoms in total. The van der Waals surface area contributed by atoms with Crippen molar-refractivity contribution in [3.05, 3.63) is 81.8 Å². The Bertz CT molecular complexity index is 972. The highest BCUT2D eigenvalue weighted by Crippen LogP contribution is 2.22. The van der Waals surface area contributed by atoms with Gasteiger partial charge in [-0.2, -0.15) is 0 Å². The van der Waals surface area contributed by atoms with Crippen LogP contribution in [0.25, 0.3) is 0 Å². The number of amides is 2. The van der Waals surface area contributed by atoms with Gasteiger partial charge in [0.2, 0.25) is 0 Å². The summed E-state index contributed by atoms with van der Waals surface area (Å²) < 4.78 is 18.8. The topological polar surface area (TPSA) is 67.4 Å². The standard InChI is InChI=1S/C21H19FN2O3S/c1-13(15-7-10-18(27-2)17(22)12-15)23-20(25)14-5-8-16(9-6-14)24-21(26)19-4-3-11-28-19/h3-13H,1-2H3,(H,23,25)(H,24,26). The second-order valence-electron chi connectivity index (χ2n) is 6.10. The van der Waals surface area contributed by atoms with E-state index in [4.69, 9.17) is 4.74 Å². The number of thiophene rings is 1. The molecule has 3 rings (SSSR count). The third-order valence-electron chi connectivity index (χ3n) is 4.17. The van der Waals surface area contributed by atoms with E-state index in [0.29, 0.717) is 21.7 Å². The van der Waals surface area contributed by atoms with E-state index in [2.05, 4.69) is 10.6 Å². The molecule has 144 valence electrons. The van der Waals surface area contributed by atoms with Gasteiger partial charge in [-0.3, -0.25) is 9.59 Å². The highest BCUT2D eigenvalue weighted by Gasteiger charge is 2.14. The molecule has 0 fully saturated rings. The van der Waals surface area contributed by atoms with Crippen LogP contribution in [0.15, 0.2) is 60.0 Å². The van der Waals surface area contributed by atoms with Gasteiger partial charge in [0, 0.05) is 11.3 Å². The van der Waals surface area contributed by atoms with Crippen LogP contribution in [0.5, 0.6) is 5.75 Å². The Balaban J connectivity index is 1.62. The summed E-state index contributed by atoms with van der Waals surface area (Å²) in [5.74, 6) is -0.809. The first kappa shape index (κ1) is 19.6. The Hall–Kier alpha value is -3.19. The van der Waals surface area contributed by atoms with Crippen molar-refractivity contribution < 1.29 is 18.7 Å². The van der Waals surface area contributed by atoms with Crippen molar-refractivity contribution >= 4 is 28.8 Å². The second kappa shape index (κ2) is 8.67. The van der Waals surface area contributed by atoms with Crippen molar-refractivity contribution in [1.82, 2.24) is 5.32 Å². The largest absolute Gasteiger partial charge is 0.494 e. The first-order valence-electron chi connectivity index (χ1n) is 8.57. The number of hydrogen-bond donors (Lipinski definition) is 2. The van der Waals surface area contributed by atoms with Crippen LogP contribution in [-0.4, -0.2) is 18.9 Å². The van der Waals surface area contributed by atoms with Crippen molar-refractivity contribution in [2.24, 2.45) is 0 Å². The van der Waals surface area contributed by atoms with Gasteiger partial charge in [0.1, 0.15) is 0 Å². The molecule has 7 heteroatoms. The van der Waals surface area contributed by atoms with Crippen molar-refractivity contribution in [1.29, 1.82) is 0 Å². The molecule has 0 aliphatic rings. The lowest BCUT2D eigenvalue weighted by molar-refractivity contribution is 0.0939. The molecular formula is C21H19FN2O3S. The van der Waals surface area contributed by atoms with Crippen molar-refractivity contribution in [2.75, 3.05) is 12.4 Å². The second-order valence-corrected chi connectivity index (χ2v) is 7.05. The number of benzene rings is 2. The first-order valence-corrected chi connectivity index (χ1v) is 9.45. The Labute approximate surface area is 166 Å². The summed E-state index contributed by atoms with van der Waals surface area (Å²) in [5, 5.41) is 7.44. The number of ether oxygens (including phenoxy) is 1. The van der Waals surface area contributed by atoms with Crippen LogP contribution in [0.4, 0.5) is 10.1 Å². The SMILES string of the molecule is COc1ccc(C(C)NC(=O)c2ccc(NC(=O)c3cccs3)cc2)cc1F. The molecular weight excluding hydrogens is 379 g/mol. The molecule has 1 aromatic heterocycles. The summed E-state index contributed by atoms with van der Waals surface area (Å²) in [6, 6.07) is 14.3. The molecule has 2 aromatic carbocycles. The maximum absolute atomic E-state index is 13.9. The van der Waals surface area contributed by atoms with Gasteiger partial charge in [-0.15, -0.1) is 11.3 Å². The van der Waals surface area contributed by atoms with E-state index in [-0.39, 0.29) is 23.6 Å². The Morgan fingerprint density at radius 1 is 1.07 bits per heavy atom. The van der Waals surface area contributed by atoms with Gasteiger partial charge in [-0.05, 0) is 60.3 Å². The van der Waals surface area contributed by atoms with Crippen LogP contribution < -0.4 is 15.4 Å². The number of carbonyl (C=O) groups is 2. The van der Waals surface area contributed by atoms with Gasteiger partial charge in [-0.1, -0.05) is 12.1 Å². The van der Waals surface area contributed by atoms with E-state index in [0.717, 1.165) is 0 Å². The molecule has 0 bridgehead atoms. The molecule has 0 saturated carbocycles. The van der Waals surface area contributed by atoms with E-state index < -0.39 is 5.82 Å². The lowest BCUT2D eigenvalue weighted by Gasteiger charge is -2.15. The summed E-state index contributed by atoms with van der Waals surface area (Å²) in [4.78, 5) is 25.1. The zero-order valence-corrected chi connectivity index (χ0v) is 16.2. The maximum atomic E-state index is 13.9. The highest BCUT2D eigenvalue weighted by molar-refractivity contribution is 7.12. The van der Waals surface area contributed by atoms with Crippen LogP contribution in [0, 0.1) is 5.82 Å². The zero-order chi connectivity index (χ0) is 20.1. The van der Waals surface area contributed by atoms with Crippen LogP contribution in [0.3, 0.4) is 0 Å². The van der Waals surface area contributed by atoms with E-state index in [1.54, 1.807) is 43.3 Å². The minimum atomic E-state index is -0.480.